The molecule has 1 saturated heterocycles. The molecular formula is C18H19FN2O. The number of amides is 1. The Morgan fingerprint density at radius 1 is 1.14 bits per heavy atom. The van der Waals surface area contributed by atoms with Crippen molar-refractivity contribution in [3.05, 3.63) is 59.4 Å². The number of nitrogens with zero attached hydrogens (tertiary/aromatic N) is 1. The first kappa shape index (κ1) is 14.6. The summed E-state index contributed by atoms with van der Waals surface area (Å²) in [4.78, 5) is 14.5. The van der Waals surface area contributed by atoms with Crippen LogP contribution in [0.1, 0.15) is 28.8 Å². The van der Waals surface area contributed by atoms with Crippen LogP contribution in [-0.4, -0.2) is 19.0 Å². The van der Waals surface area contributed by atoms with E-state index in [0.717, 1.165) is 24.3 Å². The van der Waals surface area contributed by atoms with Gasteiger partial charge in [-0.1, -0.05) is 12.1 Å². The third kappa shape index (κ3) is 2.96. The monoisotopic (exact) mass is 298 g/mol. The number of nitrogens with one attached hydrogen (secondary N) is 1. The van der Waals surface area contributed by atoms with Crippen LogP contribution in [0.15, 0.2) is 42.5 Å². The molecule has 3 rings (SSSR count). The Kier molecular flexibility index (Phi) is 4.09. The van der Waals surface area contributed by atoms with Gasteiger partial charge in [0.15, 0.2) is 0 Å². The molecule has 1 N–H and O–H groups in total. The van der Waals surface area contributed by atoms with Gasteiger partial charge in [-0.3, -0.25) is 4.79 Å². The highest BCUT2D eigenvalue weighted by molar-refractivity contribution is 6.04. The van der Waals surface area contributed by atoms with Gasteiger partial charge >= 0.3 is 0 Å². The number of carbonyl (C=O) groups excluding carboxylic acids is 1. The Labute approximate surface area is 129 Å². The molecule has 2 aromatic carbocycles. The van der Waals surface area contributed by atoms with Crippen molar-refractivity contribution in [2.24, 2.45) is 0 Å². The molecule has 0 aliphatic carbocycles. The second kappa shape index (κ2) is 6.18. The van der Waals surface area contributed by atoms with Gasteiger partial charge < -0.3 is 10.2 Å². The van der Waals surface area contributed by atoms with Gasteiger partial charge in [0.1, 0.15) is 5.82 Å². The van der Waals surface area contributed by atoms with Crippen molar-refractivity contribution in [3.8, 4) is 0 Å². The largest absolute Gasteiger partial charge is 0.372 e. The van der Waals surface area contributed by atoms with Crippen LogP contribution in [0.2, 0.25) is 0 Å². The molecule has 0 radical (unpaired) electrons. The highest BCUT2D eigenvalue weighted by Crippen LogP contribution is 2.26. The van der Waals surface area contributed by atoms with Gasteiger partial charge in [-0.2, -0.15) is 0 Å². The van der Waals surface area contributed by atoms with Gasteiger partial charge in [0.2, 0.25) is 0 Å². The van der Waals surface area contributed by atoms with E-state index in [1.165, 1.54) is 30.7 Å². The zero-order valence-electron chi connectivity index (χ0n) is 12.6. The summed E-state index contributed by atoms with van der Waals surface area (Å²) < 4.78 is 13.6. The number of benzene rings is 2. The number of anilines is 2. The van der Waals surface area contributed by atoms with Crippen LogP contribution < -0.4 is 10.2 Å². The third-order valence-electron chi connectivity index (χ3n) is 4.05. The number of halogens is 1. The number of aryl methyl sites for hydroxylation is 1. The summed E-state index contributed by atoms with van der Waals surface area (Å²) in [5.74, 6) is -0.929. The average molecular weight is 298 g/mol. The Morgan fingerprint density at radius 2 is 1.86 bits per heavy atom. The molecule has 3 nitrogen and oxygen atoms in total. The van der Waals surface area contributed by atoms with Gasteiger partial charge in [-0.15, -0.1) is 0 Å². The molecule has 2 aromatic rings. The minimum absolute atomic E-state index is 0.0607. The smallest absolute Gasteiger partial charge is 0.258 e. The van der Waals surface area contributed by atoms with Crippen LogP contribution in [0.3, 0.4) is 0 Å². The predicted octanol–water partition coefficient (Wildman–Crippen LogP) is 3.99. The first-order valence-corrected chi connectivity index (χ1v) is 7.56. The summed E-state index contributed by atoms with van der Waals surface area (Å²) in [7, 11) is 0. The van der Waals surface area contributed by atoms with E-state index in [0.29, 0.717) is 0 Å². The van der Waals surface area contributed by atoms with Crippen LogP contribution in [0.5, 0.6) is 0 Å². The summed E-state index contributed by atoms with van der Waals surface area (Å²) in [5.41, 5.74) is 2.94. The lowest BCUT2D eigenvalue weighted by Crippen LogP contribution is -2.18. The molecule has 0 saturated carbocycles. The van der Waals surface area contributed by atoms with Gasteiger partial charge in [0.25, 0.3) is 5.91 Å². The standard InChI is InChI=1S/C18H19FN2O/c1-13-12-14(21-10-4-5-11-21)8-9-17(13)20-18(22)15-6-2-3-7-16(15)19/h2-3,6-9,12H,4-5,10-11H2,1H3,(H,20,22). The van der Waals surface area contributed by atoms with Gasteiger partial charge in [0, 0.05) is 24.5 Å². The van der Waals surface area contributed by atoms with E-state index in [9.17, 15) is 9.18 Å². The molecule has 1 amide bonds. The van der Waals surface area contributed by atoms with Gasteiger partial charge in [-0.05, 0) is 55.7 Å². The molecule has 1 aliphatic rings. The SMILES string of the molecule is Cc1cc(N2CCCC2)ccc1NC(=O)c1ccccc1F. The Hall–Kier alpha value is -2.36. The van der Waals surface area contributed by atoms with E-state index in [1.54, 1.807) is 12.1 Å². The lowest BCUT2D eigenvalue weighted by Gasteiger charge is -2.19. The lowest BCUT2D eigenvalue weighted by molar-refractivity contribution is 0.102. The van der Waals surface area contributed by atoms with E-state index in [4.69, 9.17) is 0 Å². The Bertz CT molecular complexity index is 693. The molecule has 0 atom stereocenters. The first-order valence-electron chi connectivity index (χ1n) is 7.56. The number of carbonyl (C=O) groups is 1. The minimum Gasteiger partial charge on any atom is -0.372 e. The molecule has 0 aromatic heterocycles. The lowest BCUT2D eigenvalue weighted by atomic mass is 10.1. The minimum atomic E-state index is -0.508. The van der Waals surface area contributed by atoms with Gasteiger partial charge in [-0.25, -0.2) is 4.39 Å². The zero-order chi connectivity index (χ0) is 15.5. The van der Waals surface area contributed by atoms with Crippen molar-refractivity contribution in [2.75, 3.05) is 23.3 Å². The molecule has 0 unspecified atom stereocenters. The van der Waals surface area contributed by atoms with E-state index in [2.05, 4.69) is 16.3 Å². The Balaban J connectivity index is 1.78. The third-order valence-corrected chi connectivity index (χ3v) is 4.05. The highest BCUT2D eigenvalue weighted by atomic mass is 19.1. The van der Waals surface area contributed by atoms with Crippen molar-refractivity contribution in [1.29, 1.82) is 0 Å². The molecular weight excluding hydrogens is 279 g/mol. The number of hydrogen-bond acceptors (Lipinski definition) is 2. The molecule has 1 aliphatic heterocycles. The van der Waals surface area contributed by atoms with Crippen LogP contribution in [0, 0.1) is 12.7 Å². The normalized spacial score (nSPS) is 14.2. The van der Waals surface area contributed by atoms with E-state index >= 15 is 0 Å². The molecule has 1 heterocycles. The molecule has 22 heavy (non-hydrogen) atoms. The van der Waals surface area contributed by atoms with Crippen molar-refractivity contribution < 1.29 is 9.18 Å². The topological polar surface area (TPSA) is 32.3 Å². The number of rotatable bonds is 3. The van der Waals surface area contributed by atoms with Gasteiger partial charge in [0.05, 0.1) is 5.56 Å². The fraction of sp³-hybridized carbons (Fsp3) is 0.278. The zero-order valence-corrected chi connectivity index (χ0v) is 12.6. The van der Waals surface area contributed by atoms with Crippen LogP contribution in [0.25, 0.3) is 0 Å². The summed E-state index contributed by atoms with van der Waals surface area (Å²) >= 11 is 0. The van der Waals surface area contributed by atoms with Crippen molar-refractivity contribution in [1.82, 2.24) is 0 Å². The first-order chi connectivity index (χ1) is 10.6. The maximum Gasteiger partial charge on any atom is 0.258 e. The predicted molar refractivity (Wildman–Crippen MR) is 87.0 cm³/mol. The van der Waals surface area contributed by atoms with E-state index < -0.39 is 11.7 Å². The maximum absolute atomic E-state index is 13.6. The van der Waals surface area contributed by atoms with Crippen LogP contribution >= 0.6 is 0 Å². The maximum atomic E-state index is 13.6. The summed E-state index contributed by atoms with van der Waals surface area (Å²) in [6.07, 6.45) is 2.45. The fourth-order valence-corrected chi connectivity index (χ4v) is 2.80. The molecule has 1 fully saturated rings. The van der Waals surface area contributed by atoms with Crippen LogP contribution in [-0.2, 0) is 0 Å². The van der Waals surface area contributed by atoms with Crippen molar-refractivity contribution >= 4 is 17.3 Å². The van der Waals surface area contributed by atoms with Crippen molar-refractivity contribution in [3.63, 3.8) is 0 Å². The van der Waals surface area contributed by atoms with E-state index in [1.807, 2.05) is 19.1 Å². The summed E-state index contributed by atoms with van der Waals surface area (Å²) in [6.45, 7) is 4.12. The summed E-state index contributed by atoms with van der Waals surface area (Å²) in [5, 5.41) is 2.79. The molecule has 0 bridgehead atoms. The quantitative estimate of drug-likeness (QED) is 0.929. The molecule has 4 heteroatoms. The average Bonchev–Trinajstić information content (AvgIpc) is 3.04. The molecule has 114 valence electrons. The number of hydrogen-bond donors (Lipinski definition) is 1. The second-order valence-electron chi connectivity index (χ2n) is 5.63. The van der Waals surface area contributed by atoms with Crippen LogP contribution in [0.4, 0.5) is 15.8 Å². The summed E-state index contributed by atoms with van der Waals surface area (Å²) in [6, 6.07) is 12.0. The van der Waals surface area contributed by atoms with Crippen molar-refractivity contribution in [2.45, 2.75) is 19.8 Å². The van der Waals surface area contributed by atoms with E-state index in [-0.39, 0.29) is 5.56 Å². The Morgan fingerprint density at radius 3 is 2.55 bits per heavy atom. The fourth-order valence-electron chi connectivity index (χ4n) is 2.80. The second-order valence-corrected chi connectivity index (χ2v) is 5.63. The highest BCUT2D eigenvalue weighted by Gasteiger charge is 2.15. The molecule has 0 spiro atoms.